The molecule has 0 aliphatic carbocycles. The summed E-state index contributed by atoms with van der Waals surface area (Å²) in [7, 11) is 0. The molecule has 0 saturated heterocycles. The molecule has 0 saturated carbocycles. The zero-order chi connectivity index (χ0) is 6.69. The molecular weight excluding hydrogens is 116 g/mol. The van der Waals surface area contributed by atoms with E-state index in [1.165, 1.54) is 6.07 Å². The van der Waals surface area contributed by atoms with Crippen molar-refractivity contribution in [3.05, 3.63) is 28.2 Å². The van der Waals surface area contributed by atoms with Crippen molar-refractivity contribution in [1.29, 1.82) is 0 Å². The summed E-state index contributed by atoms with van der Waals surface area (Å²) in [6.45, 7) is 1.99. The minimum Gasteiger partial charge on any atom is -0.268 e. The lowest BCUT2D eigenvalue weighted by Crippen LogP contribution is -2.06. The van der Waals surface area contributed by atoms with Crippen LogP contribution in [-0.4, -0.2) is 10.2 Å². The van der Waals surface area contributed by atoms with E-state index < -0.39 is 0 Å². The zero-order valence-corrected chi connectivity index (χ0v) is 5.22. The van der Waals surface area contributed by atoms with Gasteiger partial charge in [0.25, 0.3) is 5.56 Å². The van der Waals surface area contributed by atoms with Crippen LogP contribution in [0.1, 0.15) is 12.6 Å². The van der Waals surface area contributed by atoms with Crippen molar-refractivity contribution in [1.82, 2.24) is 10.2 Å². The van der Waals surface area contributed by atoms with Gasteiger partial charge in [-0.05, 0) is 12.5 Å². The number of rotatable bonds is 1. The number of nitrogens with zero attached hydrogens (tertiary/aromatic N) is 1. The van der Waals surface area contributed by atoms with E-state index in [0.29, 0.717) is 0 Å². The first-order valence-electron chi connectivity index (χ1n) is 2.87. The molecule has 0 aliphatic heterocycles. The van der Waals surface area contributed by atoms with E-state index in [-0.39, 0.29) is 5.56 Å². The van der Waals surface area contributed by atoms with E-state index in [0.717, 1.165) is 12.1 Å². The summed E-state index contributed by atoms with van der Waals surface area (Å²) in [5.41, 5.74) is 0.766. The van der Waals surface area contributed by atoms with Gasteiger partial charge in [0, 0.05) is 6.07 Å². The van der Waals surface area contributed by atoms with Gasteiger partial charge < -0.3 is 0 Å². The van der Waals surface area contributed by atoms with E-state index in [9.17, 15) is 4.79 Å². The fourth-order valence-electron chi connectivity index (χ4n) is 0.570. The summed E-state index contributed by atoms with van der Waals surface area (Å²) >= 11 is 0. The van der Waals surface area contributed by atoms with Gasteiger partial charge in [0.15, 0.2) is 0 Å². The topological polar surface area (TPSA) is 45.8 Å². The van der Waals surface area contributed by atoms with Crippen molar-refractivity contribution in [2.24, 2.45) is 0 Å². The molecule has 48 valence electrons. The standard InChI is InChI=1S/C6H8N2O/c1-2-5-3-4-6(9)8-7-5/h3-4H,2H2,1H3,(H,8,9). The maximum absolute atomic E-state index is 10.4. The van der Waals surface area contributed by atoms with E-state index in [1.54, 1.807) is 6.07 Å². The third-order valence-electron chi connectivity index (χ3n) is 1.10. The highest BCUT2D eigenvalue weighted by Gasteiger charge is 1.86. The van der Waals surface area contributed by atoms with Crippen LogP contribution in [0.2, 0.25) is 0 Å². The number of hydrogen-bond donors (Lipinski definition) is 1. The minimum atomic E-state index is -0.146. The van der Waals surface area contributed by atoms with Gasteiger partial charge >= 0.3 is 0 Å². The molecule has 1 aromatic heterocycles. The van der Waals surface area contributed by atoms with Crippen molar-refractivity contribution >= 4 is 0 Å². The van der Waals surface area contributed by atoms with Gasteiger partial charge in [0.2, 0.25) is 0 Å². The SMILES string of the molecule is CCc1ccc(=O)[nH]n1. The predicted octanol–water partition coefficient (Wildman–Crippen LogP) is 0.332. The molecule has 0 unspecified atom stereocenters. The Bertz CT molecular complexity index is 221. The molecule has 0 radical (unpaired) electrons. The Kier molecular flexibility index (Phi) is 1.63. The Labute approximate surface area is 52.7 Å². The van der Waals surface area contributed by atoms with Gasteiger partial charge in [0.05, 0.1) is 5.69 Å². The summed E-state index contributed by atoms with van der Waals surface area (Å²) in [6.07, 6.45) is 0.858. The van der Waals surface area contributed by atoms with Gasteiger partial charge in [-0.15, -0.1) is 0 Å². The summed E-state index contributed by atoms with van der Waals surface area (Å²) in [4.78, 5) is 10.4. The lowest BCUT2D eigenvalue weighted by Gasteiger charge is -1.88. The molecule has 1 heterocycles. The predicted molar refractivity (Wildman–Crippen MR) is 34.2 cm³/mol. The molecule has 1 rings (SSSR count). The second-order valence-corrected chi connectivity index (χ2v) is 1.77. The molecule has 0 aromatic carbocycles. The van der Waals surface area contributed by atoms with Gasteiger partial charge in [0.1, 0.15) is 0 Å². The van der Waals surface area contributed by atoms with Crippen LogP contribution in [0.4, 0.5) is 0 Å². The minimum absolute atomic E-state index is 0.146. The lowest BCUT2D eigenvalue weighted by molar-refractivity contribution is 0.896. The first-order valence-corrected chi connectivity index (χ1v) is 2.87. The lowest BCUT2D eigenvalue weighted by atomic mass is 10.3. The number of aromatic amines is 1. The molecule has 1 aromatic rings. The molecule has 0 aliphatic rings. The van der Waals surface area contributed by atoms with Crippen molar-refractivity contribution in [2.45, 2.75) is 13.3 Å². The van der Waals surface area contributed by atoms with Crippen LogP contribution in [0.5, 0.6) is 0 Å². The fourth-order valence-corrected chi connectivity index (χ4v) is 0.570. The molecular formula is C6H8N2O. The van der Waals surface area contributed by atoms with Crippen LogP contribution in [0, 0.1) is 0 Å². The van der Waals surface area contributed by atoms with Crippen LogP contribution in [0.15, 0.2) is 16.9 Å². The number of hydrogen-bond acceptors (Lipinski definition) is 2. The van der Waals surface area contributed by atoms with E-state index in [2.05, 4.69) is 10.2 Å². The monoisotopic (exact) mass is 124 g/mol. The molecule has 3 heteroatoms. The zero-order valence-electron chi connectivity index (χ0n) is 5.22. The third-order valence-corrected chi connectivity index (χ3v) is 1.10. The van der Waals surface area contributed by atoms with Crippen molar-refractivity contribution in [3.8, 4) is 0 Å². The molecule has 0 fully saturated rings. The Morgan fingerprint density at radius 3 is 2.89 bits per heavy atom. The van der Waals surface area contributed by atoms with E-state index in [4.69, 9.17) is 0 Å². The molecule has 0 amide bonds. The Hall–Kier alpha value is -1.12. The van der Waals surface area contributed by atoms with Crippen molar-refractivity contribution in [2.75, 3.05) is 0 Å². The van der Waals surface area contributed by atoms with E-state index in [1.807, 2.05) is 6.92 Å². The first-order chi connectivity index (χ1) is 4.33. The highest BCUT2D eigenvalue weighted by Crippen LogP contribution is 1.86. The maximum atomic E-state index is 10.4. The highest BCUT2D eigenvalue weighted by atomic mass is 16.1. The Balaban J connectivity index is 3.02. The quantitative estimate of drug-likeness (QED) is 0.586. The smallest absolute Gasteiger partial charge is 0.264 e. The molecule has 0 bridgehead atoms. The number of aryl methyl sites for hydroxylation is 1. The molecule has 3 nitrogen and oxygen atoms in total. The van der Waals surface area contributed by atoms with Crippen LogP contribution in [0.25, 0.3) is 0 Å². The fraction of sp³-hybridized carbons (Fsp3) is 0.333. The first kappa shape index (κ1) is 6.01. The molecule has 0 spiro atoms. The van der Waals surface area contributed by atoms with Crippen LogP contribution < -0.4 is 5.56 Å². The summed E-state index contributed by atoms with van der Waals surface area (Å²) in [5.74, 6) is 0. The van der Waals surface area contributed by atoms with Gasteiger partial charge in [-0.25, -0.2) is 5.10 Å². The highest BCUT2D eigenvalue weighted by molar-refractivity contribution is 4.98. The second-order valence-electron chi connectivity index (χ2n) is 1.77. The Morgan fingerprint density at radius 1 is 1.67 bits per heavy atom. The number of H-pyrrole nitrogens is 1. The van der Waals surface area contributed by atoms with E-state index >= 15 is 0 Å². The molecule has 0 atom stereocenters. The molecule has 9 heavy (non-hydrogen) atoms. The third kappa shape index (κ3) is 1.38. The normalized spacial score (nSPS) is 9.44. The van der Waals surface area contributed by atoms with Crippen LogP contribution in [-0.2, 0) is 6.42 Å². The summed E-state index contributed by atoms with van der Waals surface area (Å²) < 4.78 is 0. The van der Waals surface area contributed by atoms with Crippen LogP contribution >= 0.6 is 0 Å². The summed E-state index contributed by atoms with van der Waals surface area (Å²) in [6, 6.07) is 3.20. The van der Waals surface area contributed by atoms with Gasteiger partial charge in [-0.3, -0.25) is 4.79 Å². The van der Waals surface area contributed by atoms with Crippen molar-refractivity contribution < 1.29 is 0 Å². The van der Waals surface area contributed by atoms with Crippen molar-refractivity contribution in [3.63, 3.8) is 0 Å². The molecule has 1 N–H and O–H groups in total. The van der Waals surface area contributed by atoms with Crippen LogP contribution in [0.3, 0.4) is 0 Å². The van der Waals surface area contributed by atoms with Gasteiger partial charge in [-0.1, -0.05) is 6.92 Å². The Morgan fingerprint density at radius 2 is 2.44 bits per heavy atom. The second kappa shape index (κ2) is 2.44. The number of aromatic nitrogens is 2. The summed E-state index contributed by atoms with van der Waals surface area (Å²) in [5, 5.41) is 6.10. The average Bonchev–Trinajstić information content (AvgIpc) is 1.90. The maximum Gasteiger partial charge on any atom is 0.264 e. The largest absolute Gasteiger partial charge is 0.268 e. The number of nitrogens with one attached hydrogen (secondary N) is 1. The van der Waals surface area contributed by atoms with Gasteiger partial charge in [-0.2, -0.15) is 5.10 Å². The average molecular weight is 124 g/mol.